The summed E-state index contributed by atoms with van der Waals surface area (Å²) in [4.78, 5) is 7.58. The lowest BCUT2D eigenvalue weighted by Crippen LogP contribution is -2.32. The smallest absolute Gasteiger partial charge is 0.132 e. The first-order valence-electron chi connectivity index (χ1n) is 8.74. The molecule has 0 N–H and O–H groups in total. The topological polar surface area (TPSA) is 15.6 Å². The highest BCUT2D eigenvalue weighted by atomic mass is 15.3. The van der Waals surface area contributed by atoms with Crippen molar-refractivity contribution in [1.82, 2.24) is 4.90 Å². The fourth-order valence-corrected chi connectivity index (χ4v) is 3.51. The number of nitrogens with zero attached hydrogens (tertiary/aromatic N) is 2. The highest BCUT2D eigenvalue weighted by Gasteiger charge is 2.37. The van der Waals surface area contributed by atoms with Crippen molar-refractivity contribution in [3.63, 3.8) is 0 Å². The molecule has 2 heteroatoms. The van der Waals surface area contributed by atoms with Crippen LogP contribution < -0.4 is 0 Å². The summed E-state index contributed by atoms with van der Waals surface area (Å²) in [6.45, 7) is 3.99. The molecule has 4 rings (SSSR count). The standard InChI is InChI=1S/C23H22N2/c1-23(21-15-9-4-10-16-21)18-25(17-19-11-5-2-6-12-19)22(24-23)20-13-7-3-8-14-20/h2-16H,17-18H2,1H3/t23-/m0/s1. The predicted octanol–water partition coefficient (Wildman–Crippen LogP) is 4.86. The van der Waals surface area contributed by atoms with Crippen LogP contribution in [0.15, 0.2) is 96.0 Å². The van der Waals surface area contributed by atoms with Crippen molar-refractivity contribution in [2.24, 2.45) is 4.99 Å². The van der Waals surface area contributed by atoms with Crippen molar-refractivity contribution in [3.05, 3.63) is 108 Å². The Bertz CT molecular complexity index is 856. The Morgan fingerprint density at radius 2 is 1.36 bits per heavy atom. The van der Waals surface area contributed by atoms with E-state index >= 15 is 0 Å². The molecule has 0 bridgehead atoms. The van der Waals surface area contributed by atoms with Crippen molar-refractivity contribution in [1.29, 1.82) is 0 Å². The SMILES string of the molecule is C[C@@]1(c2ccccc2)CN(Cc2ccccc2)C(c2ccccc2)=N1. The maximum absolute atomic E-state index is 5.18. The first kappa shape index (κ1) is 15.6. The van der Waals surface area contributed by atoms with E-state index in [1.54, 1.807) is 0 Å². The third-order valence-electron chi connectivity index (χ3n) is 4.79. The fraction of sp³-hybridized carbons (Fsp3) is 0.174. The minimum absolute atomic E-state index is 0.221. The molecule has 3 aromatic rings. The Morgan fingerprint density at radius 1 is 0.800 bits per heavy atom. The number of benzene rings is 3. The van der Waals surface area contributed by atoms with E-state index in [0.29, 0.717) is 0 Å². The van der Waals surface area contributed by atoms with Crippen LogP contribution in [0.1, 0.15) is 23.6 Å². The second-order valence-electron chi connectivity index (χ2n) is 6.78. The van der Waals surface area contributed by atoms with Crippen LogP contribution in [0.4, 0.5) is 0 Å². The largest absolute Gasteiger partial charge is 0.349 e. The van der Waals surface area contributed by atoms with Gasteiger partial charge in [-0.05, 0) is 18.1 Å². The maximum atomic E-state index is 5.18. The van der Waals surface area contributed by atoms with E-state index in [1.807, 2.05) is 0 Å². The second-order valence-corrected chi connectivity index (χ2v) is 6.78. The molecule has 124 valence electrons. The molecule has 0 spiro atoms. The van der Waals surface area contributed by atoms with Crippen LogP contribution in [0, 0.1) is 0 Å². The number of amidine groups is 1. The van der Waals surface area contributed by atoms with Gasteiger partial charge in [0.1, 0.15) is 11.4 Å². The molecule has 0 saturated carbocycles. The number of rotatable bonds is 4. The van der Waals surface area contributed by atoms with Gasteiger partial charge in [-0.25, -0.2) is 0 Å². The molecule has 0 aliphatic carbocycles. The van der Waals surface area contributed by atoms with Crippen molar-refractivity contribution in [2.45, 2.75) is 19.0 Å². The minimum Gasteiger partial charge on any atom is -0.349 e. The Kier molecular flexibility index (Phi) is 4.10. The molecule has 0 saturated heterocycles. The molecule has 1 atom stereocenters. The molecule has 0 unspecified atom stereocenters. The molecule has 0 fully saturated rings. The van der Waals surface area contributed by atoms with Crippen molar-refractivity contribution in [2.75, 3.05) is 6.54 Å². The van der Waals surface area contributed by atoms with Crippen LogP contribution in [0.5, 0.6) is 0 Å². The molecule has 0 amide bonds. The normalized spacial score (nSPS) is 19.7. The zero-order valence-electron chi connectivity index (χ0n) is 14.5. The lowest BCUT2D eigenvalue weighted by Gasteiger charge is -2.25. The third-order valence-corrected chi connectivity index (χ3v) is 4.79. The van der Waals surface area contributed by atoms with Gasteiger partial charge in [0.15, 0.2) is 0 Å². The average molecular weight is 326 g/mol. The predicted molar refractivity (Wildman–Crippen MR) is 104 cm³/mol. The summed E-state index contributed by atoms with van der Waals surface area (Å²) in [7, 11) is 0. The van der Waals surface area contributed by atoms with Crippen LogP contribution in [-0.2, 0) is 12.1 Å². The van der Waals surface area contributed by atoms with E-state index < -0.39 is 0 Å². The van der Waals surface area contributed by atoms with Crippen molar-refractivity contribution in [3.8, 4) is 0 Å². The molecule has 3 aromatic carbocycles. The number of aliphatic imine (C=N–C) groups is 1. The molecule has 1 aliphatic rings. The summed E-state index contributed by atoms with van der Waals surface area (Å²) in [5.74, 6) is 1.08. The third kappa shape index (κ3) is 3.20. The summed E-state index contributed by atoms with van der Waals surface area (Å²) in [5, 5.41) is 0. The zero-order chi connectivity index (χ0) is 17.1. The summed E-state index contributed by atoms with van der Waals surface area (Å²) in [5.41, 5.74) is 3.53. The summed E-state index contributed by atoms with van der Waals surface area (Å²) >= 11 is 0. The maximum Gasteiger partial charge on any atom is 0.132 e. The Labute approximate surface area is 149 Å². The first-order valence-corrected chi connectivity index (χ1v) is 8.74. The fourth-order valence-electron chi connectivity index (χ4n) is 3.51. The lowest BCUT2D eigenvalue weighted by molar-refractivity contribution is 0.358. The molecule has 1 heterocycles. The van der Waals surface area contributed by atoms with E-state index in [0.717, 1.165) is 18.9 Å². The van der Waals surface area contributed by atoms with E-state index in [-0.39, 0.29) is 5.54 Å². The van der Waals surface area contributed by atoms with Gasteiger partial charge in [-0.15, -0.1) is 0 Å². The van der Waals surface area contributed by atoms with Crippen LogP contribution in [-0.4, -0.2) is 17.3 Å². The molecule has 0 radical (unpaired) electrons. The van der Waals surface area contributed by atoms with E-state index in [2.05, 4.69) is 103 Å². The highest BCUT2D eigenvalue weighted by Crippen LogP contribution is 2.34. The lowest BCUT2D eigenvalue weighted by atomic mass is 9.93. The Balaban J connectivity index is 1.72. The highest BCUT2D eigenvalue weighted by molar-refractivity contribution is 6.00. The van der Waals surface area contributed by atoms with Gasteiger partial charge in [-0.3, -0.25) is 4.99 Å². The second kappa shape index (κ2) is 6.56. The zero-order valence-corrected chi connectivity index (χ0v) is 14.5. The molecule has 2 nitrogen and oxygen atoms in total. The number of hydrogen-bond donors (Lipinski definition) is 0. The molecule has 1 aliphatic heterocycles. The summed E-state index contributed by atoms with van der Waals surface area (Å²) in [6.07, 6.45) is 0. The summed E-state index contributed by atoms with van der Waals surface area (Å²) in [6, 6.07) is 31.7. The van der Waals surface area contributed by atoms with Crippen LogP contribution >= 0.6 is 0 Å². The summed E-state index contributed by atoms with van der Waals surface area (Å²) < 4.78 is 0. The first-order chi connectivity index (χ1) is 12.2. The van der Waals surface area contributed by atoms with Gasteiger partial charge >= 0.3 is 0 Å². The van der Waals surface area contributed by atoms with E-state index in [9.17, 15) is 0 Å². The van der Waals surface area contributed by atoms with Gasteiger partial charge in [0.25, 0.3) is 0 Å². The van der Waals surface area contributed by atoms with E-state index in [4.69, 9.17) is 4.99 Å². The molecular formula is C23H22N2. The van der Waals surface area contributed by atoms with Gasteiger partial charge in [0, 0.05) is 18.7 Å². The molecule has 25 heavy (non-hydrogen) atoms. The average Bonchev–Trinajstić information content (AvgIpc) is 3.02. The van der Waals surface area contributed by atoms with Gasteiger partial charge in [-0.2, -0.15) is 0 Å². The van der Waals surface area contributed by atoms with Crippen LogP contribution in [0.2, 0.25) is 0 Å². The number of hydrogen-bond acceptors (Lipinski definition) is 2. The van der Waals surface area contributed by atoms with E-state index in [1.165, 1.54) is 16.7 Å². The Hall–Kier alpha value is -2.87. The van der Waals surface area contributed by atoms with Gasteiger partial charge in [-0.1, -0.05) is 91.0 Å². The van der Waals surface area contributed by atoms with Crippen molar-refractivity contribution < 1.29 is 0 Å². The van der Waals surface area contributed by atoms with Crippen molar-refractivity contribution >= 4 is 5.84 Å². The van der Waals surface area contributed by atoms with Gasteiger partial charge < -0.3 is 4.90 Å². The molecule has 0 aromatic heterocycles. The molecular weight excluding hydrogens is 304 g/mol. The monoisotopic (exact) mass is 326 g/mol. The Morgan fingerprint density at radius 3 is 2.00 bits per heavy atom. The van der Waals surface area contributed by atoms with Gasteiger partial charge in [0.05, 0.1) is 0 Å². The van der Waals surface area contributed by atoms with Crippen LogP contribution in [0.3, 0.4) is 0 Å². The van der Waals surface area contributed by atoms with Gasteiger partial charge in [0.2, 0.25) is 0 Å². The quantitative estimate of drug-likeness (QED) is 0.668. The van der Waals surface area contributed by atoms with Crippen LogP contribution in [0.25, 0.3) is 0 Å². The minimum atomic E-state index is -0.221.